The van der Waals surface area contributed by atoms with Crippen molar-refractivity contribution in [3.8, 4) is 17.2 Å². The molecule has 10 heteroatoms. The first-order valence-electron chi connectivity index (χ1n) is 14.4. The third kappa shape index (κ3) is 8.88. The summed E-state index contributed by atoms with van der Waals surface area (Å²) >= 11 is 0. The molecule has 228 valence electrons. The van der Waals surface area contributed by atoms with E-state index in [9.17, 15) is 24.6 Å². The topological polar surface area (TPSA) is 137 Å². The van der Waals surface area contributed by atoms with E-state index in [4.69, 9.17) is 9.47 Å². The van der Waals surface area contributed by atoms with Gasteiger partial charge in [0.2, 0.25) is 0 Å². The number of carbonyl (C=O) groups is 3. The van der Waals surface area contributed by atoms with Crippen molar-refractivity contribution in [3.63, 3.8) is 0 Å². The van der Waals surface area contributed by atoms with Crippen molar-refractivity contribution in [2.75, 3.05) is 13.1 Å². The molecule has 3 aromatic carbocycles. The van der Waals surface area contributed by atoms with Crippen LogP contribution in [-0.4, -0.2) is 51.7 Å². The van der Waals surface area contributed by atoms with Crippen LogP contribution in [0.5, 0.6) is 17.2 Å². The maximum Gasteiger partial charge on any atom is 0.407 e. The van der Waals surface area contributed by atoms with Gasteiger partial charge in [0.15, 0.2) is 0 Å². The van der Waals surface area contributed by atoms with Crippen LogP contribution in [0, 0.1) is 0 Å². The normalized spacial score (nSPS) is 12.4. The fraction of sp³-hybridized carbons (Fsp3) is 0.364. The van der Waals surface area contributed by atoms with Crippen molar-refractivity contribution in [3.05, 3.63) is 88.5 Å². The Kier molecular flexibility index (Phi) is 10.1. The number of hydrogen-bond donors (Lipinski definition) is 4. The molecule has 0 radical (unpaired) electrons. The number of phenolic OH excluding ortho intramolecular Hbond substituents is 2. The van der Waals surface area contributed by atoms with Gasteiger partial charge in [-0.25, -0.2) is 4.79 Å². The largest absolute Gasteiger partial charge is 0.508 e. The average molecular weight is 590 g/mol. The minimum absolute atomic E-state index is 0.0270. The fourth-order valence-electron chi connectivity index (χ4n) is 4.72. The summed E-state index contributed by atoms with van der Waals surface area (Å²) in [6.07, 6.45) is 1.93. The van der Waals surface area contributed by atoms with E-state index in [0.29, 0.717) is 25.2 Å². The van der Waals surface area contributed by atoms with Crippen LogP contribution < -0.4 is 15.4 Å². The first-order chi connectivity index (χ1) is 20.5. The second-order valence-corrected chi connectivity index (χ2v) is 11.5. The highest BCUT2D eigenvalue weighted by atomic mass is 16.6. The van der Waals surface area contributed by atoms with Gasteiger partial charge in [-0.15, -0.1) is 0 Å². The first kappa shape index (κ1) is 31.2. The molecule has 0 bridgehead atoms. The van der Waals surface area contributed by atoms with Crippen LogP contribution in [0.15, 0.2) is 60.7 Å². The lowest BCUT2D eigenvalue weighted by atomic mass is 10.1. The number of hydrogen-bond acceptors (Lipinski definition) is 7. The molecule has 1 aliphatic rings. The number of alkyl carbamates (subject to hydrolysis) is 1. The number of nitrogens with zero attached hydrogens (tertiary/aromatic N) is 1. The van der Waals surface area contributed by atoms with Crippen LogP contribution in [0.3, 0.4) is 0 Å². The van der Waals surface area contributed by atoms with E-state index in [0.717, 1.165) is 42.0 Å². The van der Waals surface area contributed by atoms with E-state index in [1.165, 1.54) is 6.07 Å². The summed E-state index contributed by atoms with van der Waals surface area (Å²) in [5.41, 5.74) is 2.57. The van der Waals surface area contributed by atoms with E-state index in [2.05, 4.69) is 10.6 Å². The van der Waals surface area contributed by atoms with Crippen LogP contribution >= 0.6 is 0 Å². The minimum atomic E-state index is -0.531. The standard InChI is InChI=1S/C33H39N3O7/c1-33(2,3)43-32(41)35-15-9-5-8-14-34-30(39)23-12-13-24-19-36(20-25(24)16-23)31(40)29-27(38)17-26(37)18-28(29)42-21-22-10-6-4-7-11-22/h4,6-7,10-13,16-18,37-38H,5,8-9,14-15,19-21H2,1-3H3,(H,34,39)(H,35,41). The van der Waals surface area contributed by atoms with Crippen molar-refractivity contribution in [1.82, 2.24) is 15.5 Å². The van der Waals surface area contributed by atoms with Gasteiger partial charge in [0.1, 0.15) is 35.0 Å². The zero-order valence-corrected chi connectivity index (χ0v) is 24.8. The molecule has 1 heterocycles. The highest BCUT2D eigenvalue weighted by Crippen LogP contribution is 2.36. The molecule has 0 atom stereocenters. The maximum atomic E-state index is 13.5. The zero-order chi connectivity index (χ0) is 31.0. The molecule has 0 aliphatic carbocycles. The number of ether oxygens (including phenoxy) is 2. The number of carbonyl (C=O) groups excluding carboxylic acids is 3. The number of benzene rings is 3. The van der Waals surface area contributed by atoms with Gasteiger partial charge in [-0.1, -0.05) is 36.4 Å². The smallest absolute Gasteiger partial charge is 0.407 e. The summed E-state index contributed by atoms with van der Waals surface area (Å²) in [6, 6.07) is 17.2. The highest BCUT2D eigenvalue weighted by Gasteiger charge is 2.29. The van der Waals surface area contributed by atoms with Gasteiger partial charge in [-0.3, -0.25) is 9.59 Å². The molecule has 10 nitrogen and oxygen atoms in total. The molecule has 0 unspecified atom stereocenters. The van der Waals surface area contributed by atoms with E-state index >= 15 is 0 Å². The Morgan fingerprint density at radius 1 is 0.860 bits per heavy atom. The third-order valence-electron chi connectivity index (χ3n) is 6.80. The summed E-state index contributed by atoms with van der Waals surface area (Å²) in [5.74, 6) is -1.14. The highest BCUT2D eigenvalue weighted by molar-refractivity contribution is 6.00. The predicted molar refractivity (Wildman–Crippen MR) is 161 cm³/mol. The molecule has 0 saturated carbocycles. The lowest BCUT2D eigenvalue weighted by molar-refractivity contribution is 0.0526. The van der Waals surface area contributed by atoms with E-state index < -0.39 is 17.6 Å². The molecule has 0 fully saturated rings. The number of amides is 3. The Labute approximate surface area is 251 Å². The second kappa shape index (κ2) is 14.0. The summed E-state index contributed by atoms with van der Waals surface area (Å²) < 4.78 is 11.0. The van der Waals surface area contributed by atoms with Gasteiger partial charge in [-0.2, -0.15) is 0 Å². The molecule has 4 N–H and O–H groups in total. The molecule has 3 amide bonds. The quantitative estimate of drug-likeness (QED) is 0.224. The Hall–Kier alpha value is -4.73. The summed E-state index contributed by atoms with van der Waals surface area (Å²) in [4.78, 5) is 39.6. The molecular weight excluding hydrogens is 550 g/mol. The molecule has 0 spiro atoms. The van der Waals surface area contributed by atoms with E-state index in [-0.39, 0.29) is 41.9 Å². The van der Waals surface area contributed by atoms with E-state index in [1.807, 2.05) is 57.2 Å². The number of aromatic hydroxyl groups is 2. The van der Waals surface area contributed by atoms with Crippen LogP contribution in [0.25, 0.3) is 0 Å². The van der Waals surface area contributed by atoms with Gasteiger partial charge in [0.25, 0.3) is 11.8 Å². The van der Waals surface area contributed by atoms with E-state index in [1.54, 1.807) is 17.0 Å². The van der Waals surface area contributed by atoms with Gasteiger partial charge < -0.3 is 35.2 Å². The lowest BCUT2D eigenvalue weighted by Gasteiger charge is -2.19. The van der Waals surface area contributed by atoms with Crippen molar-refractivity contribution in [2.45, 2.75) is 65.3 Å². The van der Waals surface area contributed by atoms with Gasteiger partial charge in [0, 0.05) is 43.9 Å². The number of rotatable bonds is 11. The summed E-state index contributed by atoms with van der Waals surface area (Å²) in [5, 5.41) is 26.3. The van der Waals surface area contributed by atoms with Crippen molar-refractivity contribution in [2.24, 2.45) is 0 Å². The zero-order valence-electron chi connectivity index (χ0n) is 24.8. The Balaban J connectivity index is 1.28. The second-order valence-electron chi connectivity index (χ2n) is 11.5. The lowest BCUT2D eigenvalue weighted by Crippen LogP contribution is -2.33. The Morgan fingerprint density at radius 2 is 1.56 bits per heavy atom. The SMILES string of the molecule is CC(C)(C)OC(=O)NCCCCCNC(=O)c1ccc2c(c1)CN(C(=O)c1c(O)cc(O)cc1OCc1ccccc1)C2. The van der Waals surface area contributed by atoms with Crippen LogP contribution in [-0.2, 0) is 24.4 Å². The number of nitrogens with one attached hydrogen (secondary N) is 2. The molecule has 0 aromatic heterocycles. The van der Waals surface area contributed by atoms with Crippen LogP contribution in [0.2, 0.25) is 0 Å². The van der Waals surface area contributed by atoms with Gasteiger partial charge in [-0.05, 0) is 68.9 Å². The minimum Gasteiger partial charge on any atom is -0.508 e. The van der Waals surface area contributed by atoms with Crippen LogP contribution in [0.1, 0.15) is 77.4 Å². The van der Waals surface area contributed by atoms with Crippen LogP contribution in [0.4, 0.5) is 4.79 Å². The number of unbranched alkanes of at least 4 members (excludes halogenated alkanes) is 2. The summed E-state index contributed by atoms with van der Waals surface area (Å²) in [7, 11) is 0. The Morgan fingerprint density at radius 3 is 2.28 bits per heavy atom. The molecule has 43 heavy (non-hydrogen) atoms. The van der Waals surface area contributed by atoms with Gasteiger partial charge in [0.05, 0.1) is 0 Å². The monoisotopic (exact) mass is 589 g/mol. The van der Waals surface area contributed by atoms with Crippen molar-refractivity contribution in [1.29, 1.82) is 0 Å². The predicted octanol–water partition coefficient (Wildman–Crippen LogP) is 5.26. The molecular formula is C33H39N3O7. The van der Waals surface area contributed by atoms with Crippen molar-refractivity contribution < 1.29 is 34.1 Å². The molecule has 1 aliphatic heterocycles. The molecule has 3 aromatic rings. The molecule has 0 saturated heterocycles. The van der Waals surface area contributed by atoms with Crippen molar-refractivity contribution >= 4 is 17.9 Å². The summed E-state index contributed by atoms with van der Waals surface area (Å²) in [6.45, 7) is 7.18. The maximum absolute atomic E-state index is 13.5. The Bertz CT molecular complexity index is 1450. The van der Waals surface area contributed by atoms with Gasteiger partial charge >= 0.3 is 6.09 Å². The number of fused-ring (bicyclic) bond motifs is 1. The fourth-order valence-corrected chi connectivity index (χ4v) is 4.72. The third-order valence-corrected chi connectivity index (χ3v) is 6.80. The number of phenols is 2. The average Bonchev–Trinajstić information content (AvgIpc) is 3.38. The molecule has 4 rings (SSSR count). The first-order valence-corrected chi connectivity index (χ1v) is 14.4.